The highest BCUT2D eigenvalue weighted by Crippen LogP contribution is 1.92. The minimum atomic E-state index is 0.776. The minimum Gasteiger partial charge on any atom is -0.337 e. The van der Waals surface area contributed by atoms with Gasteiger partial charge in [0.05, 0.1) is 12.0 Å². The molecule has 86 valence electrons. The standard InChI is InChI=1S/C10H16N6/c1-15-8-10(13-14-15)7-11-3-2-5-16-6-4-12-9-16/h4,6,8-9,11H,2-3,5,7H2,1H3. The van der Waals surface area contributed by atoms with Gasteiger partial charge in [-0.1, -0.05) is 5.21 Å². The molecule has 0 atom stereocenters. The summed E-state index contributed by atoms with van der Waals surface area (Å²) in [5.74, 6) is 0. The van der Waals surface area contributed by atoms with Crippen molar-refractivity contribution < 1.29 is 0 Å². The topological polar surface area (TPSA) is 60.6 Å². The lowest BCUT2D eigenvalue weighted by Gasteiger charge is -2.03. The zero-order valence-electron chi connectivity index (χ0n) is 9.37. The summed E-state index contributed by atoms with van der Waals surface area (Å²) in [6.07, 6.45) is 8.61. The average molecular weight is 220 g/mol. The highest BCUT2D eigenvalue weighted by Gasteiger charge is 1.96. The SMILES string of the molecule is Cn1cc(CNCCCn2ccnc2)nn1. The number of hydrogen-bond donors (Lipinski definition) is 1. The van der Waals surface area contributed by atoms with Gasteiger partial charge in [-0.05, 0) is 13.0 Å². The molecule has 0 radical (unpaired) electrons. The summed E-state index contributed by atoms with van der Waals surface area (Å²) < 4.78 is 3.78. The van der Waals surface area contributed by atoms with Gasteiger partial charge in [0.15, 0.2) is 0 Å². The van der Waals surface area contributed by atoms with Gasteiger partial charge in [-0.15, -0.1) is 5.10 Å². The van der Waals surface area contributed by atoms with E-state index in [4.69, 9.17) is 0 Å². The van der Waals surface area contributed by atoms with E-state index in [0.29, 0.717) is 0 Å². The van der Waals surface area contributed by atoms with E-state index in [1.165, 1.54) is 0 Å². The first kappa shape index (κ1) is 10.8. The molecule has 2 aromatic rings. The van der Waals surface area contributed by atoms with Gasteiger partial charge in [-0.3, -0.25) is 4.68 Å². The molecule has 0 aliphatic heterocycles. The lowest BCUT2D eigenvalue weighted by molar-refractivity contribution is 0.576. The van der Waals surface area contributed by atoms with E-state index in [9.17, 15) is 0 Å². The van der Waals surface area contributed by atoms with Crippen LogP contribution in [0.3, 0.4) is 0 Å². The number of nitrogens with zero attached hydrogens (tertiary/aromatic N) is 5. The maximum atomic E-state index is 4.00. The van der Waals surface area contributed by atoms with Crippen molar-refractivity contribution in [2.75, 3.05) is 6.54 Å². The van der Waals surface area contributed by atoms with E-state index < -0.39 is 0 Å². The first-order valence-electron chi connectivity index (χ1n) is 5.36. The zero-order valence-corrected chi connectivity index (χ0v) is 9.37. The smallest absolute Gasteiger partial charge is 0.0964 e. The predicted octanol–water partition coefficient (Wildman–Crippen LogP) is 0.191. The van der Waals surface area contributed by atoms with Gasteiger partial charge in [0.2, 0.25) is 0 Å². The van der Waals surface area contributed by atoms with E-state index in [2.05, 4.69) is 25.2 Å². The monoisotopic (exact) mass is 220 g/mol. The third-order valence-corrected chi connectivity index (χ3v) is 2.29. The average Bonchev–Trinajstić information content (AvgIpc) is 2.89. The van der Waals surface area contributed by atoms with Crippen molar-refractivity contribution in [2.45, 2.75) is 19.5 Å². The summed E-state index contributed by atoms with van der Waals surface area (Å²) in [7, 11) is 1.87. The molecule has 0 amide bonds. The van der Waals surface area contributed by atoms with Crippen LogP contribution in [0.1, 0.15) is 12.1 Å². The Labute approximate surface area is 94.3 Å². The Morgan fingerprint density at radius 1 is 1.44 bits per heavy atom. The second kappa shape index (κ2) is 5.41. The van der Waals surface area contributed by atoms with Crippen molar-refractivity contribution in [3.8, 4) is 0 Å². The normalized spacial score (nSPS) is 10.8. The second-order valence-corrected chi connectivity index (χ2v) is 3.71. The van der Waals surface area contributed by atoms with Crippen LogP contribution in [0, 0.1) is 0 Å². The molecule has 0 unspecified atom stereocenters. The van der Waals surface area contributed by atoms with Crippen LogP contribution in [0.4, 0.5) is 0 Å². The molecule has 0 aliphatic carbocycles. The molecule has 0 aromatic carbocycles. The summed E-state index contributed by atoms with van der Waals surface area (Å²) in [5.41, 5.74) is 0.977. The van der Waals surface area contributed by atoms with Crippen molar-refractivity contribution in [3.05, 3.63) is 30.6 Å². The first-order chi connectivity index (χ1) is 7.84. The van der Waals surface area contributed by atoms with Gasteiger partial charge < -0.3 is 9.88 Å². The molecule has 0 bridgehead atoms. The van der Waals surface area contributed by atoms with Gasteiger partial charge in [0.25, 0.3) is 0 Å². The van der Waals surface area contributed by atoms with Gasteiger partial charge in [0, 0.05) is 38.7 Å². The molecule has 0 saturated heterocycles. The fourth-order valence-electron chi connectivity index (χ4n) is 1.50. The molecular formula is C10H16N6. The van der Waals surface area contributed by atoms with Crippen molar-refractivity contribution in [2.24, 2.45) is 7.05 Å². The lowest BCUT2D eigenvalue weighted by Crippen LogP contribution is -2.16. The van der Waals surface area contributed by atoms with Crippen LogP contribution in [0.5, 0.6) is 0 Å². The van der Waals surface area contributed by atoms with E-state index in [0.717, 1.165) is 31.7 Å². The second-order valence-electron chi connectivity index (χ2n) is 3.71. The van der Waals surface area contributed by atoms with Crippen LogP contribution in [-0.4, -0.2) is 31.1 Å². The maximum Gasteiger partial charge on any atom is 0.0964 e. The molecule has 2 aromatic heterocycles. The van der Waals surface area contributed by atoms with E-state index in [-0.39, 0.29) is 0 Å². The van der Waals surface area contributed by atoms with Crippen LogP contribution < -0.4 is 5.32 Å². The van der Waals surface area contributed by atoms with Crippen LogP contribution in [0.15, 0.2) is 24.9 Å². The van der Waals surface area contributed by atoms with Crippen LogP contribution >= 0.6 is 0 Å². The third kappa shape index (κ3) is 3.16. The molecule has 0 fully saturated rings. The molecule has 0 saturated carbocycles. The quantitative estimate of drug-likeness (QED) is 0.706. The third-order valence-electron chi connectivity index (χ3n) is 2.29. The molecule has 16 heavy (non-hydrogen) atoms. The lowest BCUT2D eigenvalue weighted by atomic mass is 10.4. The van der Waals surface area contributed by atoms with Crippen molar-refractivity contribution in [1.29, 1.82) is 0 Å². The Morgan fingerprint density at radius 2 is 2.38 bits per heavy atom. The summed E-state index contributed by atoms with van der Waals surface area (Å²) >= 11 is 0. The number of imidazole rings is 1. The number of aromatic nitrogens is 5. The van der Waals surface area contributed by atoms with E-state index in [1.807, 2.05) is 25.8 Å². The summed E-state index contributed by atoms with van der Waals surface area (Å²) in [6.45, 7) is 2.74. The minimum absolute atomic E-state index is 0.776. The Balaban J connectivity index is 1.59. The number of nitrogens with one attached hydrogen (secondary N) is 1. The predicted molar refractivity (Wildman–Crippen MR) is 59.6 cm³/mol. The van der Waals surface area contributed by atoms with Crippen molar-refractivity contribution >= 4 is 0 Å². The van der Waals surface area contributed by atoms with Gasteiger partial charge >= 0.3 is 0 Å². The summed E-state index contributed by atoms with van der Waals surface area (Å²) in [5, 5.41) is 11.2. The van der Waals surface area contributed by atoms with E-state index >= 15 is 0 Å². The van der Waals surface area contributed by atoms with Gasteiger partial charge in [-0.2, -0.15) is 0 Å². The van der Waals surface area contributed by atoms with Crippen molar-refractivity contribution in [1.82, 2.24) is 29.9 Å². The summed E-state index contributed by atoms with van der Waals surface area (Å²) in [6, 6.07) is 0. The number of rotatable bonds is 6. The number of hydrogen-bond acceptors (Lipinski definition) is 4. The fourth-order valence-corrected chi connectivity index (χ4v) is 1.50. The molecule has 0 spiro atoms. The largest absolute Gasteiger partial charge is 0.337 e. The Bertz CT molecular complexity index is 405. The Morgan fingerprint density at radius 3 is 3.06 bits per heavy atom. The maximum absolute atomic E-state index is 4.00. The first-order valence-corrected chi connectivity index (χ1v) is 5.36. The zero-order chi connectivity index (χ0) is 11.2. The molecule has 1 N–H and O–H groups in total. The molecule has 6 nitrogen and oxygen atoms in total. The van der Waals surface area contributed by atoms with Crippen LogP contribution in [0.2, 0.25) is 0 Å². The Kier molecular flexibility index (Phi) is 3.66. The number of aryl methyl sites for hydroxylation is 2. The molecule has 0 aliphatic rings. The van der Waals surface area contributed by atoms with Crippen molar-refractivity contribution in [3.63, 3.8) is 0 Å². The Hall–Kier alpha value is -1.69. The van der Waals surface area contributed by atoms with Gasteiger partial charge in [-0.25, -0.2) is 4.98 Å². The van der Waals surface area contributed by atoms with Crippen LogP contribution in [-0.2, 0) is 20.1 Å². The summed E-state index contributed by atoms with van der Waals surface area (Å²) in [4.78, 5) is 3.99. The molecule has 2 heterocycles. The molecular weight excluding hydrogens is 204 g/mol. The fraction of sp³-hybridized carbons (Fsp3) is 0.500. The van der Waals surface area contributed by atoms with Gasteiger partial charge in [0.1, 0.15) is 0 Å². The molecule has 2 rings (SSSR count). The van der Waals surface area contributed by atoms with E-state index in [1.54, 1.807) is 10.9 Å². The highest BCUT2D eigenvalue weighted by atomic mass is 15.4. The van der Waals surface area contributed by atoms with Crippen LogP contribution in [0.25, 0.3) is 0 Å². The molecule has 6 heteroatoms. The highest BCUT2D eigenvalue weighted by molar-refractivity contribution is 4.90.